The fourth-order valence-electron chi connectivity index (χ4n) is 1.64. The van der Waals surface area contributed by atoms with Gasteiger partial charge in [0, 0.05) is 12.6 Å². The number of halogens is 3. The molecule has 1 aromatic heterocycles. The van der Waals surface area contributed by atoms with Gasteiger partial charge in [-0.1, -0.05) is 13.3 Å². The molecule has 8 heteroatoms. The van der Waals surface area contributed by atoms with Gasteiger partial charge in [0.05, 0.1) is 17.8 Å². The number of alkyl halides is 3. The quantitative estimate of drug-likeness (QED) is 0.810. The van der Waals surface area contributed by atoms with Gasteiger partial charge in [-0.15, -0.1) is 0 Å². The third kappa shape index (κ3) is 6.44. The number of rotatable bonds is 7. The van der Waals surface area contributed by atoms with Gasteiger partial charge in [-0.25, -0.2) is 4.98 Å². The van der Waals surface area contributed by atoms with Crippen molar-refractivity contribution in [2.45, 2.75) is 25.9 Å². The van der Waals surface area contributed by atoms with Crippen LogP contribution in [0.3, 0.4) is 0 Å². The minimum Gasteiger partial charge on any atom is -0.468 e. The van der Waals surface area contributed by atoms with Gasteiger partial charge >= 0.3 is 6.18 Å². The Morgan fingerprint density at radius 3 is 2.67 bits per heavy atom. The van der Waals surface area contributed by atoms with Crippen LogP contribution in [0.15, 0.2) is 18.3 Å². The molecule has 1 heterocycles. The third-order valence-corrected chi connectivity index (χ3v) is 2.68. The highest BCUT2D eigenvalue weighted by Gasteiger charge is 2.28. The van der Waals surface area contributed by atoms with Crippen LogP contribution in [0, 0.1) is 5.92 Å². The molecule has 0 spiro atoms. The number of carbonyl (C=O) groups excluding carboxylic acids is 1. The first-order valence-electron chi connectivity index (χ1n) is 6.52. The van der Waals surface area contributed by atoms with E-state index in [-0.39, 0.29) is 24.2 Å². The molecule has 0 aliphatic heterocycles. The molecule has 5 nitrogen and oxygen atoms in total. The van der Waals surface area contributed by atoms with E-state index >= 15 is 0 Å². The maximum Gasteiger partial charge on any atom is 0.422 e. The zero-order chi connectivity index (χ0) is 15.9. The van der Waals surface area contributed by atoms with Crippen LogP contribution in [0.5, 0.6) is 5.88 Å². The standard InChI is InChI=1S/C13H18F3N3O2/c1-2-3-9(6-17)12(20)19-10-4-5-11(18-7-10)21-8-13(14,15)16/h4-5,7,9H,2-3,6,8,17H2,1H3,(H,19,20). The number of carbonyl (C=O) groups is 1. The molecule has 1 unspecified atom stereocenters. The lowest BCUT2D eigenvalue weighted by molar-refractivity contribution is -0.154. The smallest absolute Gasteiger partial charge is 0.422 e. The summed E-state index contributed by atoms with van der Waals surface area (Å²) in [5.41, 5.74) is 5.90. The van der Waals surface area contributed by atoms with Gasteiger partial charge in [-0.05, 0) is 12.5 Å². The molecule has 118 valence electrons. The Morgan fingerprint density at radius 2 is 2.19 bits per heavy atom. The molecule has 0 bridgehead atoms. The van der Waals surface area contributed by atoms with Crippen molar-refractivity contribution in [2.24, 2.45) is 11.7 Å². The van der Waals surface area contributed by atoms with Crippen molar-refractivity contribution in [2.75, 3.05) is 18.5 Å². The van der Waals surface area contributed by atoms with Crippen LogP contribution in [0.4, 0.5) is 18.9 Å². The molecule has 0 aliphatic rings. The highest BCUT2D eigenvalue weighted by molar-refractivity contribution is 5.92. The number of nitrogens with one attached hydrogen (secondary N) is 1. The molecule has 0 aromatic carbocycles. The van der Waals surface area contributed by atoms with E-state index in [1.807, 2.05) is 6.92 Å². The number of pyridine rings is 1. The monoisotopic (exact) mass is 305 g/mol. The van der Waals surface area contributed by atoms with Gasteiger partial charge in [-0.3, -0.25) is 4.79 Å². The summed E-state index contributed by atoms with van der Waals surface area (Å²) in [5.74, 6) is -0.685. The number of nitrogens with two attached hydrogens (primary N) is 1. The predicted octanol–water partition coefficient (Wildman–Crippen LogP) is 2.34. The summed E-state index contributed by atoms with van der Waals surface area (Å²) in [7, 11) is 0. The molecule has 0 saturated heterocycles. The SMILES string of the molecule is CCCC(CN)C(=O)Nc1ccc(OCC(F)(F)F)nc1. The van der Waals surface area contributed by atoms with Crippen molar-refractivity contribution in [3.05, 3.63) is 18.3 Å². The number of hydrogen-bond acceptors (Lipinski definition) is 4. The van der Waals surface area contributed by atoms with Crippen molar-refractivity contribution in [1.82, 2.24) is 4.98 Å². The van der Waals surface area contributed by atoms with E-state index in [1.165, 1.54) is 18.3 Å². The molecule has 21 heavy (non-hydrogen) atoms. The number of ether oxygens (including phenoxy) is 1. The van der Waals surface area contributed by atoms with Crippen LogP contribution in [0.25, 0.3) is 0 Å². The zero-order valence-electron chi connectivity index (χ0n) is 11.6. The highest BCUT2D eigenvalue weighted by atomic mass is 19.4. The summed E-state index contributed by atoms with van der Waals surface area (Å²) in [6, 6.07) is 2.69. The Labute approximate surface area is 120 Å². The fraction of sp³-hybridized carbons (Fsp3) is 0.538. The second kappa shape index (κ2) is 7.82. The molecule has 1 atom stereocenters. The molecule has 1 aromatic rings. The van der Waals surface area contributed by atoms with E-state index in [0.717, 1.165) is 6.42 Å². The van der Waals surface area contributed by atoms with Crippen molar-refractivity contribution in [3.8, 4) is 5.88 Å². The predicted molar refractivity (Wildman–Crippen MR) is 71.9 cm³/mol. The minimum absolute atomic E-state index is 0.158. The van der Waals surface area contributed by atoms with Gasteiger partial charge in [0.25, 0.3) is 0 Å². The minimum atomic E-state index is -4.41. The molecule has 0 fully saturated rings. The van der Waals surface area contributed by atoms with E-state index in [1.54, 1.807) is 0 Å². The van der Waals surface area contributed by atoms with Crippen LogP contribution >= 0.6 is 0 Å². The summed E-state index contributed by atoms with van der Waals surface area (Å²) < 4.78 is 40.4. The maximum atomic E-state index is 12.0. The number of anilines is 1. The van der Waals surface area contributed by atoms with Gasteiger partial charge in [0.15, 0.2) is 6.61 Å². The molecule has 0 aliphatic carbocycles. The van der Waals surface area contributed by atoms with Crippen LogP contribution < -0.4 is 15.8 Å². The van der Waals surface area contributed by atoms with E-state index in [2.05, 4.69) is 15.0 Å². The number of nitrogens with zero attached hydrogens (tertiary/aromatic N) is 1. The van der Waals surface area contributed by atoms with Gasteiger partial charge in [-0.2, -0.15) is 13.2 Å². The first-order valence-corrected chi connectivity index (χ1v) is 6.52. The Morgan fingerprint density at radius 1 is 1.48 bits per heavy atom. The van der Waals surface area contributed by atoms with Crippen LogP contribution in [-0.2, 0) is 4.79 Å². The van der Waals surface area contributed by atoms with Crippen molar-refractivity contribution in [1.29, 1.82) is 0 Å². The van der Waals surface area contributed by atoms with Crippen LogP contribution in [0.1, 0.15) is 19.8 Å². The van der Waals surface area contributed by atoms with Crippen LogP contribution in [0.2, 0.25) is 0 Å². The Hall–Kier alpha value is -1.83. The topological polar surface area (TPSA) is 77.2 Å². The first kappa shape index (κ1) is 17.2. The van der Waals surface area contributed by atoms with E-state index < -0.39 is 12.8 Å². The lowest BCUT2D eigenvalue weighted by Crippen LogP contribution is -2.29. The largest absolute Gasteiger partial charge is 0.468 e. The van der Waals surface area contributed by atoms with E-state index in [4.69, 9.17) is 5.73 Å². The Balaban J connectivity index is 2.56. The maximum absolute atomic E-state index is 12.0. The van der Waals surface area contributed by atoms with Crippen LogP contribution in [-0.4, -0.2) is 30.2 Å². The van der Waals surface area contributed by atoms with E-state index in [0.29, 0.717) is 12.1 Å². The summed E-state index contributed by atoms with van der Waals surface area (Å²) in [4.78, 5) is 15.6. The number of hydrogen-bond donors (Lipinski definition) is 2. The fourth-order valence-corrected chi connectivity index (χ4v) is 1.64. The summed E-state index contributed by atoms with van der Waals surface area (Å²) in [6.07, 6.45) is -1.67. The molecule has 0 saturated carbocycles. The van der Waals surface area contributed by atoms with Crippen molar-refractivity contribution >= 4 is 11.6 Å². The molecule has 1 amide bonds. The lowest BCUT2D eigenvalue weighted by atomic mass is 10.0. The van der Waals surface area contributed by atoms with Crippen molar-refractivity contribution in [3.63, 3.8) is 0 Å². The molecular formula is C13H18F3N3O2. The average molecular weight is 305 g/mol. The molecule has 1 rings (SSSR count). The van der Waals surface area contributed by atoms with Crippen molar-refractivity contribution < 1.29 is 22.7 Å². The Kier molecular flexibility index (Phi) is 6.41. The molecule has 0 radical (unpaired) electrons. The molecule has 3 N–H and O–H groups in total. The lowest BCUT2D eigenvalue weighted by Gasteiger charge is -2.14. The molecular weight excluding hydrogens is 287 g/mol. The highest BCUT2D eigenvalue weighted by Crippen LogP contribution is 2.18. The van der Waals surface area contributed by atoms with E-state index in [9.17, 15) is 18.0 Å². The normalized spacial score (nSPS) is 12.8. The second-order valence-electron chi connectivity index (χ2n) is 4.50. The number of aromatic nitrogens is 1. The second-order valence-corrected chi connectivity index (χ2v) is 4.50. The first-order chi connectivity index (χ1) is 9.85. The Bertz CT molecular complexity index is 449. The van der Waals surface area contributed by atoms with Gasteiger partial charge in [0.1, 0.15) is 0 Å². The van der Waals surface area contributed by atoms with Gasteiger partial charge < -0.3 is 15.8 Å². The average Bonchev–Trinajstić information content (AvgIpc) is 2.43. The van der Waals surface area contributed by atoms with Gasteiger partial charge in [0.2, 0.25) is 11.8 Å². The number of amides is 1. The zero-order valence-corrected chi connectivity index (χ0v) is 11.6. The summed E-state index contributed by atoms with van der Waals surface area (Å²) in [6.45, 7) is 0.779. The summed E-state index contributed by atoms with van der Waals surface area (Å²) in [5, 5.41) is 2.62. The summed E-state index contributed by atoms with van der Waals surface area (Å²) >= 11 is 0. The third-order valence-electron chi connectivity index (χ3n) is 2.68.